The standard InChI is InChI=1S/C20H15F2N3O3/c1-10-19(11(2)28-24-10)20-15(9-23-27)14-7-16(21)17(22)8-18(14)25(20)12-3-5-13(26)6-4-12/h3-9,26-27H,1-2H3/b23-9+. The maximum absolute atomic E-state index is 14.1. The van der Waals surface area contributed by atoms with Crippen LogP contribution in [0.5, 0.6) is 5.75 Å². The molecule has 28 heavy (non-hydrogen) atoms. The number of nitrogens with zero attached hydrogens (tertiary/aromatic N) is 3. The molecular formula is C20H15F2N3O3. The van der Waals surface area contributed by atoms with E-state index in [1.165, 1.54) is 12.1 Å². The number of aromatic nitrogens is 2. The normalized spacial score (nSPS) is 11.7. The smallest absolute Gasteiger partial charge is 0.160 e. The lowest BCUT2D eigenvalue weighted by Gasteiger charge is -2.12. The second kappa shape index (κ2) is 6.49. The monoisotopic (exact) mass is 383 g/mol. The van der Waals surface area contributed by atoms with Crippen LogP contribution in [0.3, 0.4) is 0 Å². The van der Waals surface area contributed by atoms with Gasteiger partial charge in [-0.25, -0.2) is 8.78 Å². The van der Waals surface area contributed by atoms with Crippen molar-refractivity contribution in [2.24, 2.45) is 5.16 Å². The Hall–Kier alpha value is -3.68. The van der Waals surface area contributed by atoms with Crippen LogP contribution in [0.25, 0.3) is 27.8 Å². The first-order valence-electron chi connectivity index (χ1n) is 8.36. The molecule has 4 aromatic rings. The molecule has 0 unspecified atom stereocenters. The van der Waals surface area contributed by atoms with Crippen LogP contribution >= 0.6 is 0 Å². The molecule has 0 aliphatic rings. The molecule has 2 N–H and O–H groups in total. The number of rotatable bonds is 3. The summed E-state index contributed by atoms with van der Waals surface area (Å²) < 4.78 is 35.1. The SMILES string of the molecule is Cc1noc(C)c1-c1c(/C=N/O)c2cc(F)c(F)cc2n1-c1ccc(O)cc1. The number of aromatic hydroxyl groups is 1. The fraction of sp³-hybridized carbons (Fsp3) is 0.100. The van der Waals surface area contributed by atoms with Gasteiger partial charge in [-0.05, 0) is 44.2 Å². The van der Waals surface area contributed by atoms with E-state index in [-0.39, 0.29) is 5.75 Å². The fourth-order valence-corrected chi connectivity index (χ4v) is 3.43. The van der Waals surface area contributed by atoms with Crippen molar-refractivity contribution in [3.63, 3.8) is 0 Å². The van der Waals surface area contributed by atoms with Crippen LogP contribution in [0.15, 0.2) is 46.1 Å². The average Bonchev–Trinajstić information content (AvgIpc) is 3.14. The van der Waals surface area contributed by atoms with Crippen LogP contribution in [0.4, 0.5) is 8.78 Å². The van der Waals surface area contributed by atoms with Crippen molar-refractivity contribution in [2.75, 3.05) is 0 Å². The van der Waals surface area contributed by atoms with Crippen molar-refractivity contribution in [3.05, 3.63) is 65.1 Å². The first kappa shape index (κ1) is 17.7. The predicted octanol–water partition coefficient (Wildman–Crippen LogP) is 4.69. The van der Waals surface area contributed by atoms with E-state index in [0.717, 1.165) is 18.3 Å². The van der Waals surface area contributed by atoms with E-state index < -0.39 is 11.6 Å². The molecule has 0 fully saturated rings. The predicted molar refractivity (Wildman–Crippen MR) is 99.2 cm³/mol. The zero-order valence-corrected chi connectivity index (χ0v) is 14.9. The maximum Gasteiger partial charge on any atom is 0.160 e. The van der Waals surface area contributed by atoms with E-state index in [4.69, 9.17) is 4.52 Å². The lowest BCUT2D eigenvalue weighted by molar-refractivity contribution is 0.322. The molecule has 0 aliphatic heterocycles. The van der Waals surface area contributed by atoms with Crippen LogP contribution in [-0.4, -0.2) is 26.3 Å². The molecule has 0 spiro atoms. The van der Waals surface area contributed by atoms with Crippen molar-refractivity contribution < 1.29 is 23.6 Å². The molecular weight excluding hydrogens is 368 g/mol. The Morgan fingerprint density at radius 1 is 1.11 bits per heavy atom. The van der Waals surface area contributed by atoms with Crippen molar-refractivity contribution >= 4 is 17.1 Å². The number of phenolic OH excluding ortho intramolecular Hbond substituents is 1. The number of hydrogen-bond donors (Lipinski definition) is 2. The number of oxime groups is 1. The number of benzene rings is 2. The maximum atomic E-state index is 14.1. The highest BCUT2D eigenvalue weighted by Gasteiger charge is 2.25. The zero-order valence-electron chi connectivity index (χ0n) is 14.9. The van der Waals surface area contributed by atoms with Gasteiger partial charge in [0, 0.05) is 22.7 Å². The summed E-state index contributed by atoms with van der Waals surface area (Å²) in [5.41, 5.74) is 2.99. The minimum Gasteiger partial charge on any atom is -0.508 e. The molecule has 142 valence electrons. The molecule has 2 heterocycles. The summed E-state index contributed by atoms with van der Waals surface area (Å²) in [6, 6.07) is 8.37. The third-order valence-electron chi connectivity index (χ3n) is 4.61. The molecule has 0 saturated heterocycles. The number of phenols is 1. The van der Waals surface area contributed by atoms with Crippen molar-refractivity contribution in [1.29, 1.82) is 0 Å². The van der Waals surface area contributed by atoms with Gasteiger partial charge >= 0.3 is 0 Å². The summed E-state index contributed by atoms with van der Waals surface area (Å²) in [5, 5.41) is 26.3. The molecule has 4 rings (SSSR count). The number of halogens is 2. The lowest BCUT2D eigenvalue weighted by Crippen LogP contribution is -2.00. The van der Waals surface area contributed by atoms with Gasteiger partial charge in [0.05, 0.1) is 28.7 Å². The number of hydrogen-bond acceptors (Lipinski definition) is 5. The van der Waals surface area contributed by atoms with Gasteiger partial charge in [-0.15, -0.1) is 0 Å². The van der Waals surface area contributed by atoms with E-state index in [1.807, 2.05) is 0 Å². The molecule has 8 heteroatoms. The van der Waals surface area contributed by atoms with E-state index in [9.17, 15) is 19.1 Å². The quantitative estimate of drug-likeness (QED) is 0.305. The highest BCUT2D eigenvalue weighted by Crippen LogP contribution is 2.39. The van der Waals surface area contributed by atoms with E-state index >= 15 is 0 Å². The summed E-state index contributed by atoms with van der Waals surface area (Å²) >= 11 is 0. The Kier molecular flexibility index (Phi) is 4.11. The average molecular weight is 383 g/mol. The Bertz CT molecular complexity index is 1200. The highest BCUT2D eigenvalue weighted by atomic mass is 19.2. The largest absolute Gasteiger partial charge is 0.508 e. The molecule has 0 bridgehead atoms. The Labute approximate surface area is 157 Å². The second-order valence-corrected chi connectivity index (χ2v) is 6.34. The molecule has 0 atom stereocenters. The van der Waals surface area contributed by atoms with E-state index in [0.29, 0.717) is 44.9 Å². The molecule has 0 aliphatic carbocycles. The van der Waals surface area contributed by atoms with Gasteiger partial charge in [0.15, 0.2) is 11.6 Å². The number of fused-ring (bicyclic) bond motifs is 1. The van der Waals surface area contributed by atoms with E-state index in [2.05, 4.69) is 10.3 Å². The Balaban J connectivity index is 2.23. The van der Waals surface area contributed by atoms with Gasteiger partial charge in [0.25, 0.3) is 0 Å². The summed E-state index contributed by atoms with van der Waals surface area (Å²) in [4.78, 5) is 0. The minimum atomic E-state index is -1.02. The minimum absolute atomic E-state index is 0.0634. The molecule has 0 saturated carbocycles. The molecule has 2 aromatic carbocycles. The Morgan fingerprint density at radius 3 is 2.39 bits per heavy atom. The number of aryl methyl sites for hydroxylation is 2. The highest BCUT2D eigenvalue weighted by molar-refractivity contribution is 6.07. The molecule has 6 nitrogen and oxygen atoms in total. The van der Waals surface area contributed by atoms with Crippen LogP contribution < -0.4 is 0 Å². The first-order chi connectivity index (χ1) is 13.4. The molecule has 0 amide bonds. The Morgan fingerprint density at radius 2 is 1.79 bits per heavy atom. The van der Waals surface area contributed by atoms with Crippen LogP contribution in [0, 0.1) is 25.5 Å². The van der Waals surface area contributed by atoms with Gasteiger partial charge in [-0.2, -0.15) is 0 Å². The van der Waals surface area contributed by atoms with Crippen LogP contribution in [0.1, 0.15) is 17.0 Å². The summed E-state index contributed by atoms with van der Waals surface area (Å²) in [7, 11) is 0. The van der Waals surface area contributed by atoms with Gasteiger partial charge in [-0.1, -0.05) is 10.3 Å². The van der Waals surface area contributed by atoms with E-state index in [1.54, 1.807) is 30.5 Å². The third-order valence-corrected chi connectivity index (χ3v) is 4.61. The third kappa shape index (κ3) is 2.61. The lowest BCUT2D eigenvalue weighted by atomic mass is 10.0. The zero-order chi connectivity index (χ0) is 20.0. The van der Waals surface area contributed by atoms with Gasteiger partial charge < -0.3 is 19.4 Å². The molecule has 2 aromatic heterocycles. The van der Waals surface area contributed by atoms with Crippen LogP contribution in [-0.2, 0) is 0 Å². The summed E-state index contributed by atoms with van der Waals surface area (Å²) in [6.45, 7) is 3.46. The van der Waals surface area contributed by atoms with Crippen molar-refractivity contribution in [3.8, 4) is 22.7 Å². The van der Waals surface area contributed by atoms with Gasteiger partial charge in [0.1, 0.15) is 11.5 Å². The molecule has 0 radical (unpaired) electrons. The first-order valence-corrected chi connectivity index (χ1v) is 8.36. The topological polar surface area (TPSA) is 83.8 Å². The summed E-state index contributed by atoms with van der Waals surface area (Å²) in [6.07, 6.45) is 1.16. The second-order valence-electron chi connectivity index (χ2n) is 6.34. The van der Waals surface area contributed by atoms with Crippen molar-refractivity contribution in [2.45, 2.75) is 13.8 Å². The van der Waals surface area contributed by atoms with Crippen LogP contribution in [0.2, 0.25) is 0 Å². The van der Waals surface area contributed by atoms with Gasteiger partial charge in [0.2, 0.25) is 0 Å². The summed E-state index contributed by atoms with van der Waals surface area (Å²) in [5.74, 6) is -1.47. The fourth-order valence-electron chi connectivity index (χ4n) is 3.43. The van der Waals surface area contributed by atoms with Gasteiger partial charge in [-0.3, -0.25) is 0 Å². The van der Waals surface area contributed by atoms with Crippen molar-refractivity contribution in [1.82, 2.24) is 9.72 Å².